The summed E-state index contributed by atoms with van der Waals surface area (Å²) in [6.45, 7) is 6.92. The first-order valence-corrected chi connectivity index (χ1v) is 6.75. The lowest BCUT2D eigenvalue weighted by Gasteiger charge is -2.28. The molecule has 0 aliphatic carbocycles. The van der Waals surface area contributed by atoms with Crippen LogP contribution in [0, 0.1) is 6.92 Å². The lowest BCUT2D eigenvalue weighted by Crippen LogP contribution is -2.19. The van der Waals surface area contributed by atoms with Crippen LogP contribution in [-0.2, 0) is 0 Å². The van der Waals surface area contributed by atoms with Crippen LogP contribution in [0.25, 0.3) is 0 Å². The Morgan fingerprint density at radius 3 is 2.16 bits per heavy atom. The second kappa shape index (κ2) is 5.89. The fourth-order valence-electron chi connectivity index (χ4n) is 2.42. The highest BCUT2D eigenvalue weighted by atomic mass is 16.3. The average molecular weight is 255 g/mol. The molecule has 0 spiro atoms. The summed E-state index contributed by atoms with van der Waals surface area (Å²) in [7, 11) is 0. The highest BCUT2D eigenvalue weighted by Crippen LogP contribution is 2.33. The normalized spacial score (nSPS) is 12.2. The van der Waals surface area contributed by atoms with E-state index in [0.717, 1.165) is 17.8 Å². The molecule has 0 bridgehead atoms. The summed E-state index contributed by atoms with van der Waals surface area (Å²) >= 11 is 0. The molecule has 19 heavy (non-hydrogen) atoms. The molecule has 1 N–H and O–H groups in total. The van der Waals surface area contributed by atoms with Gasteiger partial charge in [0.05, 0.1) is 6.10 Å². The zero-order chi connectivity index (χ0) is 13.8. The van der Waals surface area contributed by atoms with Crippen molar-refractivity contribution in [1.82, 2.24) is 0 Å². The van der Waals surface area contributed by atoms with Gasteiger partial charge in [0.15, 0.2) is 0 Å². The van der Waals surface area contributed by atoms with Crippen molar-refractivity contribution in [3.63, 3.8) is 0 Å². The topological polar surface area (TPSA) is 23.5 Å². The molecule has 0 unspecified atom stereocenters. The van der Waals surface area contributed by atoms with Crippen molar-refractivity contribution < 1.29 is 5.11 Å². The Balaban J connectivity index is 2.52. The first-order chi connectivity index (χ1) is 9.15. The molecule has 0 radical (unpaired) electrons. The number of hydrogen-bond acceptors (Lipinski definition) is 2. The average Bonchev–Trinajstić information content (AvgIpc) is 2.42. The van der Waals surface area contributed by atoms with Gasteiger partial charge in [-0.15, -0.1) is 0 Å². The molecule has 0 amide bonds. The van der Waals surface area contributed by atoms with Crippen LogP contribution in [0.15, 0.2) is 48.5 Å². The van der Waals surface area contributed by atoms with Crippen LogP contribution in [0.2, 0.25) is 0 Å². The van der Waals surface area contributed by atoms with Gasteiger partial charge in [0.2, 0.25) is 0 Å². The fourth-order valence-corrected chi connectivity index (χ4v) is 2.42. The van der Waals surface area contributed by atoms with E-state index in [4.69, 9.17) is 0 Å². The minimum atomic E-state index is -0.464. The quantitative estimate of drug-likeness (QED) is 0.884. The van der Waals surface area contributed by atoms with Crippen LogP contribution in [0.3, 0.4) is 0 Å². The SMILES string of the molecule is CCN(c1ccccc1C)c1ccccc1[C@H](C)O. The number of nitrogens with zero attached hydrogens (tertiary/aromatic N) is 1. The van der Waals surface area contributed by atoms with Crippen LogP contribution in [0.4, 0.5) is 11.4 Å². The molecule has 2 nitrogen and oxygen atoms in total. The van der Waals surface area contributed by atoms with Gasteiger partial charge in [0.25, 0.3) is 0 Å². The summed E-state index contributed by atoms with van der Waals surface area (Å²) in [5, 5.41) is 9.94. The van der Waals surface area contributed by atoms with Crippen LogP contribution < -0.4 is 4.90 Å². The summed E-state index contributed by atoms with van der Waals surface area (Å²) in [5.41, 5.74) is 4.48. The maximum atomic E-state index is 9.94. The summed E-state index contributed by atoms with van der Waals surface area (Å²) in [6.07, 6.45) is -0.464. The lowest BCUT2D eigenvalue weighted by atomic mass is 10.1. The van der Waals surface area contributed by atoms with Crippen LogP contribution >= 0.6 is 0 Å². The predicted molar refractivity (Wildman–Crippen MR) is 80.9 cm³/mol. The van der Waals surface area contributed by atoms with Crippen molar-refractivity contribution in [3.8, 4) is 0 Å². The van der Waals surface area contributed by atoms with E-state index in [-0.39, 0.29) is 0 Å². The van der Waals surface area contributed by atoms with E-state index in [0.29, 0.717) is 0 Å². The molecule has 2 aromatic rings. The molecule has 0 saturated heterocycles. The van der Waals surface area contributed by atoms with Crippen molar-refractivity contribution in [2.24, 2.45) is 0 Å². The zero-order valence-electron chi connectivity index (χ0n) is 11.8. The second-order valence-electron chi connectivity index (χ2n) is 4.77. The number of para-hydroxylation sites is 2. The number of anilines is 2. The van der Waals surface area contributed by atoms with Crippen molar-refractivity contribution in [3.05, 3.63) is 59.7 Å². The van der Waals surface area contributed by atoms with Crippen LogP contribution in [0.5, 0.6) is 0 Å². The van der Waals surface area contributed by atoms with Gasteiger partial charge >= 0.3 is 0 Å². The van der Waals surface area contributed by atoms with Crippen molar-refractivity contribution >= 4 is 11.4 Å². The number of aryl methyl sites for hydroxylation is 1. The zero-order valence-corrected chi connectivity index (χ0v) is 11.8. The summed E-state index contributed by atoms with van der Waals surface area (Å²) < 4.78 is 0. The van der Waals surface area contributed by atoms with E-state index in [9.17, 15) is 5.11 Å². The molecule has 0 fully saturated rings. The molecule has 0 saturated carbocycles. The fraction of sp³-hybridized carbons (Fsp3) is 0.294. The smallest absolute Gasteiger partial charge is 0.0782 e. The van der Waals surface area contributed by atoms with E-state index in [2.05, 4.69) is 43.0 Å². The summed E-state index contributed by atoms with van der Waals surface area (Å²) in [6, 6.07) is 16.4. The number of hydrogen-bond donors (Lipinski definition) is 1. The summed E-state index contributed by atoms with van der Waals surface area (Å²) in [5.74, 6) is 0. The van der Waals surface area contributed by atoms with Gasteiger partial charge in [0.1, 0.15) is 0 Å². The van der Waals surface area contributed by atoms with Gasteiger partial charge in [-0.05, 0) is 38.5 Å². The third-order valence-electron chi connectivity index (χ3n) is 3.40. The number of aliphatic hydroxyl groups excluding tert-OH is 1. The minimum Gasteiger partial charge on any atom is -0.389 e. The largest absolute Gasteiger partial charge is 0.389 e. The molecule has 2 rings (SSSR count). The molecule has 1 atom stereocenters. The molecule has 2 heteroatoms. The first kappa shape index (κ1) is 13.6. The van der Waals surface area contributed by atoms with Crippen molar-refractivity contribution in [2.45, 2.75) is 26.9 Å². The van der Waals surface area contributed by atoms with E-state index < -0.39 is 6.10 Å². The van der Waals surface area contributed by atoms with E-state index in [1.807, 2.05) is 31.2 Å². The number of benzene rings is 2. The van der Waals surface area contributed by atoms with Gasteiger partial charge < -0.3 is 10.0 Å². The molecule has 0 aliphatic heterocycles. The number of rotatable bonds is 4. The standard InChI is InChI=1S/C17H21NO/c1-4-18(16-11-7-5-9-13(16)2)17-12-8-6-10-15(17)14(3)19/h5-12,14,19H,4H2,1-3H3/t14-/m0/s1. The Morgan fingerprint density at radius 1 is 1.00 bits per heavy atom. The van der Waals surface area contributed by atoms with Crippen molar-refractivity contribution in [2.75, 3.05) is 11.4 Å². The molecule has 2 aromatic carbocycles. The van der Waals surface area contributed by atoms with Gasteiger partial charge in [0, 0.05) is 23.5 Å². The van der Waals surface area contributed by atoms with Gasteiger partial charge in [-0.2, -0.15) is 0 Å². The first-order valence-electron chi connectivity index (χ1n) is 6.75. The highest BCUT2D eigenvalue weighted by molar-refractivity contribution is 5.69. The molecule has 0 aliphatic rings. The molecular formula is C17H21NO. The third kappa shape index (κ3) is 2.79. The Kier molecular flexibility index (Phi) is 4.23. The van der Waals surface area contributed by atoms with Gasteiger partial charge in [-0.1, -0.05) is 36.4 Å². The molecule has 0 heterocycles. The Morgan fingerprint density at radius 2 is 1.58 bits per heavy atom. The predicted octanol–water partition coefficient (Wildman–Crippen LogP) is 4.21. The Bertz CT molecular complexity index is 548. The Hall–Kier alpha value is -1.80. The Labute approximate surface area is 115 Å². The minimum absolute atomic E-state index is 0.464. The monoisotopic (exact) mass is 255 g/mol. The van der Waals surface area contributed by atoms with Crippen LogP contribution in [0.1, 0.15) is 31.1 Å². The third-order valence-corrected chi connectivity index (χ3v) is 3.40. The van der Waals surface area contributed by atoms with Gasteiger partial charge in [-0.3, -0.25) is 0 Å². The van der Waals surface area contributed by atoms with Gasteiger partial charge in [-0.25, -0.2) is 0 Å². The molecule has 100 valence electrons. The maximum Gasteiger partial charge on any atom is 0.0782 e. The van der Waals surface area contributed by atoms with E-state index in [1.165, 1.54) is 11.3 Å². The van der Waals surface area contributed by atoms with E-state index >= 15 is 0 Å². The second-order valence-corrected chi connectivity index (χ2v) is 4.77. The molecular weight excluding hydrogens is 234 g/mol. The number of aliphatic hydroxyl groups is 1. The highest BCUT2D eigenvalue weighted by Gasteiger charge is 2.15. The van der Waals surface area contributed by atoms with Crippen molar-refractivity contribution in [1.29, 1.82) is 0 Å². The van der Waals surface area contributed by atoms with Crippen LogP contribution in [-0.4, -0.2) is 11.7 Å². The van der Waals surface area contributed by atoms with E-state index in [1.54, 1.807) is 0 Å². The molecule has 0 aromatic heterocycles. The summed E-state index contributed by atoms with van der Waals surface area (Å²) in [4.78, 5) is 2.25. The maximum absolute atomic E-state index is 9.94. The lowest BCUT2D eigenvalue weighted by molar-refractivity contribution is 0.200.